The Morgan fingerprint density at radius 1 is 1.04 bits per heavy atom. The van der Waals surface area contributed by atoms with Crippen molar-refractivity contribution in [2.24, 2.45) is 5.73 Å². The van der Waals surface area contributed by atoms with Gasteiger partial charge in [0.15, 0.2) is 11.5 Å². The van der Waals surface area contributed by atoms with E-state index in [2.05, 4.69) is 5.32 Å². The topological polar surface area (TPSA) is 105 Å². The minimum absolute atomic E-state index is 0. The van der Waals surface area contributed by atoms with Gasteiger partial charge in [-0.25, -0.2) is 4.79 Å². The molecule has 0 radical (unpaired) electrons. The number of nitrogens with one attached hydrogen (secondary N) is 1. The van der Waals surface area contributed by atoms with Gasteiger partial charge >= 0.3 is 94.6 Å². The minimum atomic E-state index is -0.885. The van der Waals surface area contributed by atoms with Crippen LogP contribution in [0.15, 0.2) is 48.5 Å². The van der Waals surface area contributed by atoms with E-state index in [0.717, 1.165) is 0 Å². The predicted molar refractivity (Wildman–Crippen MR) is 85.0 cm³/mol. The molecule has 2 aromatic carbocycles. The summed E-state index contributed by atoms with van der Waals surface area (Å²) in [4.78, 5) is 12.4. The van der Waals surface area contributed by atoms with E-state index >= 15 is 0 Å². The summed E-state index contributed by atoms with van der Waals surface area (Å²) < 4.78 is 5.21. The Hall–Kier alpha value is 0.949. The summed E-state index contributed by atoms with van der Waals surface area (Å²) in [5.41, 5.74) is 5.84. The van der Waals surface area contributed by atoms with Gasteiger partial charge in [0.25, 0.3) is 0 Å². The first kappa shape index (κ1) is 31.6. The Balaban J connectivity index is -0.000000189. The number of phenolic OH excluding ortho intramolecular Hbond substituents is 2. The van der Waals surface area contributed by atoms with E-state index in [4.69, 9.17) is 10.5 Å². The number of carbonyl (C=O) groups is 1. The van der Waals surface area contributed by atoms with E-state index in [1.54, 1.807) is 30.3 Å². The monoisotopic (exact) mass is 430 g/mol. The number of hydrogen-bond donors (Lipinski definition) is 4. The molecule has 5 N–H and O–H groups in total. The molecule has 0 aromatic heterocycles. The van der Waals surface area contributed by atoms with Crippen LogP contribution in [0.5, 0.6) is 17.2 Å². The fraction of sp³-hybridized carbons (Fsp3) is 0.188. The van der Waals surface area contributed by atoms with Crippen molar-refractivity contribution >= 4 is 5.97 Å². The van der Waals surface area contributed by atoms with E-state index in [1.807, 2.05) is 0 Å². The zero-order valence-electron chi connectivity index (χ0n) is 18.3. The summed E-state index contributed by atoms with van der Waals surface area (Å²) in [7, 11) is 0. The number of phenols is 2. The first-order valence-electron chi connectivity index (χ1n) is 6.84. The Labute approximate surface area is 234 Å². The van der Waals surface area contributed by atoms with Crippen LogP contribution in [0.25, 0.3) is 0 Å². The number of benzene rings is 2. The summed E-state index contributed by atoms with van der Waals surface area (Å²) >= 11 is 0. The first-order valence-corrected chi connectivity index (χ1v) is 6.84. The van der Waals surface area contributed by atoms with Crippen LogP contribution >= 0.6 is 0 Å². The van der Waals surface area contributed by atoms with Crippen LogP contribution < -0.4 is 104 Å². The Kier molecular flexibility index (Phi) is 20.5. The van der Waals surface area contributed by atoms with Crippen molar-refractivity contribution in [2.45, 2.75) is 6.04 Å². The van der Waals surface area contributed by atoms with Gasteiger partial charge in [0.1, 0.15) is 11.8 Å². The van der Waals surface area contributed by atoms with Gasteiger partial charge < -0.3 is 25.0 Å². The fourth-order valence-electron chi connectivity index (χ4n) is 1.99. The average molecular weight is 430 g/mol. The molecule has 0 aliphatic rings. The van der Waals surface area contributed by atoms with Gasteiger partial charge in [-0.3, -0.25) is 5.32 Å². The number of aromatic hydroxyl groups is 2. The Morgan fingerprint density at radius 2 is 1.58 bits per heavy atom. The smallest absolute Gasteiger partial charge is 1.00 e. The van der Waals surface area contributed by atoms with Crippen molar-refractivity contribution in [3.05, 3.63) is 54.1 Å². The molecule has 0 spiro atoms. The van der Waals surface area contributed by atoms with Gasteiger partial charge in [0.2, 0.25) is 0 Å². The molecule has 6 nitrogen and oxygen atoms in total. The fourth-order valence-corrected chi connectivity index (χ4v) is 1.99. The summed E-state index contributed by atoms with van der Waals surface area (Å²) in [6.45, 7) is 0.697. The van der Waals surface area contributed by atoms with Crippen molar-refractivity contribution in [2.75, 3.05) is 13.1 Å². The molecular weight excluding hydrogens is 409 g/mol. The molecular formula is C16H21FeN2Na3O4. The second kappa shape index (κ2) is 16.9. The summed E-state index contributed by atoms with van der Waals surface area (Å²) in [6.07, 6.45) is 0. The van der Waals surface area contributed by atoms with Gasteiger partial charge in [0.05, 0.1) is 0 Å². The molecule has 10 heteroatoms. The number of carbonyl (C=O) groups excluding carboxylic acids is 1. The summed E-state index contributed by atoms with van der Waals surface area (Å²) in [5, 5.41) is 22.5. The number of para-hydroxylation sites is 3. The SMILES string of the molecule is NCCNC(C(=O)Oc1ccccc1O)c1ccccc1O.[Fe].[H-].[H-].[H-].[Na+].[Na+].[Na+]. The third-order valence-corrected chi connectivity index (χ3v) is 3.05. The van der Waals surface area contributed by atoms with E-state index in [1.165, 1.54) is 18.2 Å². The van der Waals surface area contributed by atoms with Crippen molar-refractivity contribution in [3.63, 3.8) is 0 Å². The normalized spacial score (nSPS) is 10.0. The number of ether oxygens (including phenoxy) is 1. The zero-order valence-corrected chi connectivity index (χ0v) is 22.4. The van der Waals surface area contributed by atoms with Crippen LogP contribution in [0.4, 0.5) is 0 Å². The maximum atomic E-state index is 12.4. The van der Waals surface area contributed by atoms with Gasteiger partial charge in [-0.2, -0.15) is 0 Å². The molecule has 130 valence electrons. The number of rotatable bonds is 6. The molecule has 0 heterocycles. The van der Waals surface area contributed by atoms with Gasteiger partial charge in [-0.1, -0.05) is 30.3 Å². The van der Waals surface area contributed by atoms with Crippen molar-refractivity contribution < 1.29 is 130 Å². The van der Waals surface area contributed by atoms with E-state index in [0.29, 0.717) is 18.7 Å². The molecule has 1 unspecified atom stereocenters. The van der Waals surface area contributed by atoms with Gasteiger partial charge in [-0.05, 0) is 18.2 Å². The van der Waals surface area contributed by atoms with Crippen LogP contribution in [0, 0.1) is 0 Å². The average Bonchev–Trinajstić information content (AvgIpc) is 2.51. The second-order valence-electron chi connectivity index (χ2n) is 4.62. The molecule has 0 amide bonds. The molecule has 0 fully saturated rings. The zero-order chi connectivity index (χ0) is 15.9. The van der Waals surface area contributed by atoms with Crippen LogP contribution in [-0.2, 0) is 21.9 Å². The molecule has 2 rings (SSSR count). The third kappa shape index (κ3) is 9.43. The van der Waals surface area contributed by atoms with Gasteiger partial charge in [0, 0.05) is 35.7 Å². The Morgan fingerprint density at radius 3 is 2.12 bits per heavy atom. The van der Waals surface area contributed by atoms with Crippen molar-refractivity contribution in [1.82, 2.24) is 5.32 Å². The van der Waals surface area contributed by atoms with E-state index < -0.39 is 12.0 Å². The largest absolute Gasteiger partial charge is 1.00 e. The molecule has 0 bridgehead atoms. The number of esters is 1. The van der Waals surface area contributed by atoms with Crippen molar-refractivity contribution in [3.8, 4) is 17.2 Å². The molecule has 0 aliphatic carbocycles. The summed E-state index contributed by atoms with van der Waals surface area (Å²) in [6, 6.07) is 11.8. The Bertz CT molecular complexity index is 679. The molecule has 1 atom stereocenters. The molecule has 0 saturated carbocycles. The first-order chi connectivity index (χ1) is 10.6. The predicted octanol–water partition coefficient (Wildman–Crippen LogP) is -7.36. The van der Waals surface area contributed by atoms with Crippen molar-refractivity contribution in [1.29, 1.82) is 0 Å². The van der Waals surface area contributed by atoms with Gasteiger partial charge in [-0.15, -0.1) is 0 Å². The van der Waals surface area contributed by atoms with Crippen LogP contribution in [0.2, 0.25) is 0 Å². The standard InChI is InChI=1S/C16H18N2O4.Fe.3Na.3H/c17-9-10-18-15(11-5-1-2-6-12(11)19)16(21)22-14-8-4-3-7-13(14)20;;;;;;;/h1-8,15,18-20H,9-10,17H2;;;;;;;/q;;3*+1;3*-1. The quantitative estimate of drug-likeness (QED) is 0.206. The molecule has 26 heavy (non-hydrogen) atoms. The van der Waals surface area contributed by atoms with E-state index in [-0.39, 0.29) is 127 Å². The molecule has 2 aromatic rings. The second-order valence-corrected chi connectivity index (χ2v) is 4.62. The van der Waals surface area contributed by atoms with Crippen LogP contribution in [0.1, 0.15) is 15.9 Å². The van der Waals surface area contributed by atoms with E-state index in [9.17, 15) is 15.0 Å². The van der Waals surface area contributed by atoms with Crippen LogP contribution in [-0.4, -0.2) is 29.3 Å². The summed E-state index contributed by atoms with van der Waals surface area (Å²) in [5.74, 6) is -0.740. The number of hydrogen-bond acceptors (Lipinski definition) is 6. The number of nitrogens with two attached hydrogens (primary N) is 1. The minimum Gasteiger partial charge on any atom is -1.00 e. The maximum absolute atomic E-state index is 12.4. The molecule has 0 aliphatic heterocycles. The molecule has 0 saturated heterocycles. The third-order valence-electron chi connectivity index (χ3n) is 3.05. The van der Waals surface area contributed by atoms with Crippen LogP contribution in [0.3, 0.4) is 0 Å². The maximum Gasteiger partial charge on any atom is 1.00 e.